The number of hydrogen-bond acceptors (Lipinski definition) is 3. The monoisotopic (exact) mass is 303 g/mol. The number of rotatable bonds is 3. The lowest BCUT2D eigenvalue weighted by Crippen LogP contribution is -2.27. The van der Waals surface area contributed by atoms with Gasteiger partial charge >= 0.3 is 0 Å². The molecular formula is C17H21NO2S. The van der Waals surface area contributed by atoms with Gasteiger partial charge in [0.05, 0.1) is 17.5 Å². The van der Waals surface area contributed by atoms with Gasteiger partial charge in [0.1, 0.15) is 0 Å². The van der Waals surface area contributed by atoms with Crippen LogP contribution in [0.3, 0.4) is 0 Å². The number of aliphatic hydroxyl groups is 1. The van der Waals surface area contributed by atoms with Crippen LogP contribution in [0.15, 0.2) is 18.2 Å². The van der Waals surface area contributed by atoms with Gasteiger partial charge in [0.2, 0.25) is 5.91 Å². The Labute approximate surface area is 130 Å². The van der Waals surface area contributed by atoms with Gasteiger partial charge in [-0.1, -0.05) is 24.3 Å². The van der Waals surface area contributed by atoms with Crippen molar-refractivity contribution < 1.29 is 9.90 Å². The van der Waals surface area contributed by atoms with Crippen LogP contribution in [-0.4, -0.2) is 28.6 Å². The third-order valence-electron chi connectivity index (χ3n) is 3.36. The van der Waals surface area contributed by atoms with Gasteiger partial charge in [-0.3, -0.25) is 4.79 Å². The number of thioether (sulfide) groups is 1. The highest BCUT2D eigenvalue weighted by molar-refractivity contribution is 8.00. The minimum absolute atomic E-state index is 0.0540. The van der Waals surface area contributed by atoms with Gasteiger partial charge in [0, 0.05) is 12.0 Å². The van der Waals surface area contributed by atoms with Gasteiger partial charge in [-0.15, -0.1) is 11.8 Å². The molecule has 0 bridgehead atoms. The predicted octanol–water partition coefficient (Wildman–Crippen LogP) is 2.95. The molecule has 1 fully saturated rings. The predicted molar refractivity (Wildman–Crippen MR) is 88.5 cm³/mol. The van der Waals surface area contributed by atoms with E-state index in [0.29, 0.717) is 6.42 Å². The second-order valence-corrected chi connectivity index (χ2v) is 6.48. The Balaban J connectivity index is 2.11. The standard InChI is InChI=1S/C17H21NO2S/c1-13-8-9-15(14(12-13)6-2-4-10-19)18-17(20)16-7-3-5-11-21-16/h8-9,12,16,19H,3-5,7,10-11H2,1H3,(H,18,20). The fraction of sp³-hybridized carbons (Fsp3) is 0.471. The van der Waals surface area contributed by atoms with E-state index in [1.165, 1.54) is 6.42 Å². The molecule has 0 spiro atoms. The number of benzene rings is 1. The van der Waals surface area contributed by atoms with Crippen LogP contribution < -0.4 is 5.32 Å². The second-order valence-electron chi connectivity index (χ2n) is 5.17. The average molecular weight is 303 g/mol. The Kier molecular flexibility index (Phi) is 6.16. The molecule has 0 radical (unpaired) electrons. The Morgan fingerprint density at radius 1 is 1.48 bits per heavy atom. The van der Waals surface area contributed by atoms with E-state index in [2.05, 4.69) is 17.2 Å². The second kappa shape index (κ2) is 8.11. The van der Waals surface area contributed by atoms with Crippen molar-refractivity contribution in [2.45, 2.75) is 37.9 Å². The van der Waals surface area contributed by atoms with E-state index >= 15 is 0 Å². The Morgan fingerprint density at radius 2 is 2.33 bits per heavy atom. The third-order valence-corrected chi connectivity index (χ3v) is 4.74. The van der Waals surface area contributed by atoms with Crippen molar-refractivity contribution in [1.29, 1.82) is 0 Å². The van der Waals surface area contributed by atoms with Crippen LogP contribution in [-0.2, 0) is 4.79 Å². The molecule has 2 rings (SSSR count). The zero-order valence-corrected chi connectivity index (χ0v) is 13.1. The molecule has 1 saturated heterocycles. The number of hydrogen-bond donors (Lipinski definition) is 2. The van der Waals surface area contributed by atoms with E-state index in [-0.39, 0.29) is 17.8 Å². The van der Waals surface area contributed by atoms with Gasteiger partial charge in [-0.05, 0) is 43.2 Å². The fourth-order valence-electron chi connectivity index (χ4n) is 2.24. The summed E-state index contributed by atoms with van der Waals surface area (Å²) in [5.74, 6) is 7.09. The smallest absolute Gasteiger partial charge is 0.237 e. The van der Waals surface area contributed by atoms with Crippen molar-refractivity contribution in [3.8, 4) is 11.8 Å². The van der Waals surface area contributed by atoms with Crippen LogP contribution >= 0.6 is 11.8 Å². The molecule has 21 heavy (non-hydrogen) atoms. The molecule has 4 heteroatoms. The highest BCUT2D eigenvalue weighted by atomic mass is 32.2. The molecule has 2 N–H and O–H groups in total. The molecule has 1 amide bonds. The number of aliphatic hydroxyl groups excluding tert-OH is 1. The summed E-state index contributed by atoms with van der Waals surface area (Å²) >= 11 is 1.74. The zero-order chi connectivity index (χ0) is 15.1. The minimum Gasteiger partial charge on any atom is -0.395 e. The van der Waals surface area contributed by atoms with E-state index in [1.54, 1.807) is 11.8 Å². The summed E-state index contributed by atoms with van der Waals surface area (Å²) in [6, 6.07) is 5.85. The number of nitrogens with one attached hydrogen (secondary N) is 1. The molecule has 1 aliphatic heterocycles. The minimum atomic E-state index is 0.0540. The third kappa shape index (κ3) is 4.80. The number of carbonyl (C=O) groups is 1. The molecule has 112 valence electrons. The first-order valence-electron chi connectivity index (χ1n) is 7.33. The summed E-state index contributed by atoms with van der Waals surface area (Å²) in [5.41, 5.74) is 2.69. The Morgan fingerprint density at radius 3 is 3.05 bits per heavy atom. The molecule has 1 atom stereocenters. The molecular weight excluding hydrogens is 282 g/mol. The molecule has 0 saturated carbocycles. The fourth-order valence-corrected chi connectivity index (χ4v) is 3.44. The summed E-state index contributed by atoms with van der Waals surface area (Å²) in [6.07, 6.45) is 3.73. The van der Waals surface area contributed by atoms with Crippen LogP contribution in [0, 0.1) is 18.8 Å². The molecule has 0 aliphatic carbocycles. The lowest BCUT2D eigenvalue weighted by Gasteiger charge is -2.20. The van der Waals surface area contributed by atoms with Crippen LogP contribution in [0.4, 0.5) is 5.69 Å². The molecule has 1 aromatic rings. The lowest BCUT2D eigenvalue weighted by molar-refractivity contribution is -0.115. The molecule has 1 heterocycles. The van der Waals surface area contributed by atoms with Crippen molar-refractivity contribution >= 4 is 23.4 Å². The number of anilines is 1. The molecule has 1 aromatic carbocycles. The van der Waals surface area contributed by atoms with Crippen molar-refractivity contribution in [2.24, 2.45) is 0 Å². The van der Waals surface area contributed by atoms with E-state index in [4.69, 9.17) is 5.11 Å². The number of carbonyl (C=O) groups excluding carboxylic acids is 1. The SMILES string of the molecule is Cc1ccc(NC(=O)C2CCCCS2)c(C#CCCO)c1. The van der Waals surface area contributed by atoms with Crippen molar-refractivity contribution in [2.75, 3.05) is 17.7 Å². The first kappa shape index (κ1) is 15.9. The summed E-state index contributed by atoms with van der Waals surface area (Å²) in [6.45, 7) is 2.05. The van der Waals surface area contributed by atoms with E-state index in [1.807, 2.05) is 25.1 Å². The lowest BCUT2D eigenvalue weighted by atomic mass is 10.1. The van der Waals surface area contributed by atoms with Crippen molar-refractivity contribution in [1.82, 2.24) is 0 Å². The summed E-state index contributed by atoms with van der Waals surface area (Å²) in [5, 5.41) is 11.9. The Hall–Kier alpha value is -1.44. The van der Waals surface area contributed by atoms with Gasteiger partial charge in [-0.2, -0.15) is 0 Å². The van der Waals surface area contributed by atoms with E-state index in [0.717, 1.165) is 35.4 Å². The molecule has 3 nitrogen and oxygen atoms in total. The van der Waals surface area contributed by atoms with Gasteiger partial charge in [0.25, 0.3) is 0 Å². The van der Waals surface area contributed by atoms with E-state index < -0.39 is 0 Å². The Bertz CT molecular complexity index is 554. The zero-order valence-electron chi connectivity index (χ0n) is 12.3. The first-order chi connectivity index (χ1) is 10.2. The maximum absolute atomic E-state index is 12.3. The maximum atomic E-state index is 12.3. The number of amides is 1. The molecule has 1 aliphatic rings. The van der Waals surface area contributed by atoms with Gasteiger partial charge in [0.15, 0.2) is 0 Å². The van der Waals surface area contributed by atoms with Crippen molar-refractivity contribution in [3.63, 3.8) is 0 Å². The summed E-state index contributed by atoms with van der Waals surface area (Å²) in [4.78, 5) is 12.3. The normalized spacial score (nSPS) is 17.7. The number of aryl methyl sites for hydroxylation is 1. The molecule has 1 unspecified atom stereocenters. The highest BCUT2D eigenvalue weighted by Gasteiger charge is 2.22. The summed E-state index contributed by atoms with van der Waals surface area (Å²) < 4.78 is 0. The first-order valence-corrected chi connectivity index (χ1v) is 8.38. The van der Waals surface area contributed by atoms with E-state index in [9.17, 15) is 4.79 Å². The van der Waals surface area contributed by atoms with Crippen LogP contribution in [0.25, 0.3) is 0 Å². The largest absolute Gasteiger partial charge is 0.395 e. The highest BCUT2D eigenvalue weighted by Crippen LogP contribution is 2.27. The van der Waals surface area contributed by atoms with Crippen molar-refractivity contribution in [3.05, 3.63) is 29.3 Å². The average Bonchev–Trinajstić information content (AvgIpc) is 2.51. The maximum Gasteiger partial charge on any atom is 0.237 e. The van der Waals surface area contributed by atoms with Crippen LogP contribution in [0.2, 0.25) is 0 Å². The van der Waals surface area contributed by atoms with Gasteiger partial charge < -0.3 is 10.4 Å². The van der Waals surface area contributed by atoms with Crippen LogP contribution in [0.5, 0.6) is 0 Å². The summed E-state index contributed by atoms with van der Waals surface area (Å²) in [7, 11) is 0. The topological polar surface area (TPSA) is 49.3 Å². The van der Waals surface area contributed by atoms with Gasteiger partial charge in [-0.25, -0.2) is 0 Å². The van der Waals surface area contributed by atoms with Crippen LogP contribution in [0.1, 0.15) is 36.8 Å². The quantitative estimate of drug-likeness (QED) is 0.844. The molecule has 0 aromatic heterocycles.